The summed E-state index contributed by atoms with van der Waals surface area (Å²) in [5.74, 6) is 0.441. The molecule has 0 aromatic carbocycles. The molecule has 2 N–H and O–H groups in total. The molecule has 86 valence electrons. The van der Waals surface area contributed by atoms with Crippen molar-refractivity contribution in [2.75, 3.05) is 26.4 Å². The molecule has 2 saturated heterocycles. The van der Waals surface area contributed by atoms with Gasteiger partial charge in [0.2, 0.25) is 0 Å². The molecule has 2 aliphatic rings. The summed E-state index contributed by atoms with van der Waals surface area (Å²) < 4.78 is 11.1. The molecule has 0 aromatic rings. The van der Waals surface area contributed by atoms with Crippen molar-refractivity contribution in [2.24, 2.45) is 11.7 Å². The van der Waals surface area contributed by atoms with Gasteiger partial charge in [0.1, 0.15) is 5.78 Å². The van der Waals surface area contributed by atoms with E-state index in [1.165, 1.54) is 0 Å². The molecule has 2 aliphatic heterocycles. The first-order valence-electron chi connectivity index (χ1n) is 5.70. The van der Waals surface area contributed by atoms with Gasteiger partial charge in [0.25, 0.3) is 0 Å². The van der Waals surface area contributed by atoms with Gasteiger partial charge in [0, 0.05) is 32.0 Å². The number of hydrogen-bond acceptors (Lipinski definition) is 4. The summed E-state index contributed by atoms with van der Waals surface area (Å²) in [7, 11) is 0. The van der Waals surface area contributed by atoms with Crippen LogP contribution in [-0.4, -0.2) is 37.7 Å². The number of Topliss-reactive ketones (excluding diaryl/α,β-unsaturated/α-hetero) is 1. The Morgan fingerprint density at radius 3 is 3.00 bits per heavy atom. The average molecular weight is 213 g/mol. The normalized spacial score (nSPS) is 35.9. The highest BCUT2D eigenvalue weighted by Gasteiger charge is 2.42. The third-order valence-electron chi connectivity index (χ3n) is 3.41. The third kappa shape index (κ3) is 2.38. The second kappa shape index (κ2) is 4.60. The second-order valence-corrected chi connectivity index (χ2v) is 4.53. The summed E-state index contributed by atoms with van der Waals surface area (Å²) >= 11 is 0. The molecule has 2 heterocycles. The Labute approximate surface area is 90.1 Å². The maximum absolute atomic E-state index is 11.8. The van der Waals surface area contributed by atoms with Crippen LogP contribution in [0, 0.1) is 5.92 Å². The minimum Gasteiger partial charge on any atom is -0.378 e. The zero-order valence-electron chi connectivity index (χ0n) is 9.04. The Kier molecular flexibility index (Phi) is 3.38. The van der Waals surface area contributed by atoms with E-state index in [9.17, 15) is 4.79 Å². The van der Waals surface area contributed by atoms with E-state index in [2.05, 4.69) is 0 Å². The van der Waals surface area contributed by atoms with Gasteiger partial charge in [0.05, 0.1) is 12.2 Å². The number of nitrogens with two attached hydrogens (primary N) is 1. The first kappa shape index (κ1) is 11.0. The highest BCUT2D eigenvalue weighted by molar-refractivity contribution is 5.81. The zero-order valence-corrected chi connectivity index (χ0v) is 9.04. The van der Waals surface area contributed by atoms with E-state index >= 15 is 0 Å². The molecule has 0 radical (unpaired) electrons. The predicted molar refractivity (Wildman–Crippen MR) is 55.5 cm³/mol. The quantitative estimate of drug-likeness (QED) is 0.741. The number of rotatable bonds is 3. The van der Waals surface area contributed by atoms with Gasteiger partial charge in [0.15, 0.2) is 0 Å². The summed E-state index contributed by atoms with van der Waals surface area (Å²) in [5, 5.41) is 0. The van der Waals surface area contributed by atoms with Crippen molar-refractivity contribution < 1.29 is 14.3 Å². The maximum Gasteiger partial charge on any atom is 0.137 e. The van der Waals surface area contributed by atoms with E-state index in [4.69, 9.17) is 15.2 Å². The Bertz CT molecular complexity index is 236. The molecule has 4 nitrogen and oxygen atoms in total. The zero-order chi connectivity index (χ0) is 10.7. The van der Waals surface area contributed by atoms with Crippen molar-refractivity contribution in [1.82, 2.24) is 0 Å². The van der Waals surface area contributed by atoms with Crippen LogP contribution in [0.4, 0.5) is 0 Å². The van der Waals surface area contributed by atoms with Crippen LogP contribution in [0.15, 0.2) is 0 Å². The van der Waals surface area contributed by atoms with Crippen LogP contribution < -0.4 is 5.73 Å². The van der Waals surface area contributed by atoms with Crippen LogP contribution in [-0.2, 0) is 14.3 Å². The maximum atomic E-state index is 11.8. The van der Waals surface area contributed by atoms with Crippen LogP contribution in [0.5, 0.6) is 0 Å². The lowest BCUT2D eigenvalue weighted by Crippen LogP contribution is -2.42. The molecule has 1 spiro atoms. The molecular formula is C11H19NO3. The topological polar surface area (TPSA) is 61.6 Å². The van der Waals surface area contributed by atoms with Crippen molar-refractivity contribution in [3.63, 3.8) is 0 Å². The Morgan fingerprint density at radius 2 is 2.33 bits per heavy atom. The van der Waals surface area contributed by atoms with E-state index < -0.39 is 0 Å². The molecule has 2 fully saturated rings. The molecule has 0 aliphatic carbocycles. The van der Waals surface area contributed by atoms with Crippen molar-refractivity contribution in [1.29, 1.82) is 0 Å². The fourth-order valence-electron chi connectivity index (χ4n) is 2.51. The third-order valence-corrected chi connectivity index (χ3v) is 3.41. The van der Waals surface area contributed by atoms with Crippen LogP contribution in [0.2, 0.25) is 0 Å². The fourth-order valence-corrected chi connectivity index (χ4v) is 2.51. The van der Waals surface area contributed by atoms with Gasteiger partial charge in [-0.3, -0.25) is 4.79 Å². The first-order chi connectivity index (χ1) is 7.26. The van der Waals surface area contributed by atoms with Crippen molar-refractivity contribution in [3.8, 4) is 0 Å². The smallest absolute Gasteiger partial charge is 0.137 e. The van der Waals surface area contributed by atoms with Gasteiger partial charge in [-0.15, -0.1) is 0 Å². The SMILES string of the molecule is NCCC(=O)C1CCOC2(CCOC2)C1. The lowest BCUT2D eigenvalue weighted by molar-refractivity contribution is -0.136. The van der Waals surface area contributed by atoms with Gasteiger partial charge in [-0.1, -0.05) is 0 Å². The highest BCUT2D eigenvalue weighted by atomic mass is 16.6. The van der Waals surface area contributed by atoms with E-state index in [1.54, 1.807) is 0 Å². The number of ketones is 1. The number of carbonyl (C=O) groups is 1. The monoisotopic (exact) mass is 213 g/mol. The molecule has 4 heteroatoms. The minimum atomic E-state index is -0.160. The number of ether oxygens (including phenoxy) is 2. The molecule has 0 amide bonds. The van der Waals surface area contributed by atoms with Crippen LogP contribution >= 0.6 is 0 Å². The molecular weight excluding hydrogens is 194 g/mol. The molecule has 15 heavy (non-hydrogen) atoms. The Balaban J connectivity index is 1.94. The summed E-state index contributed by atoms with van der Waals surface area (Å²) in [6.07, 6.45) is 3.10. The summed E-state index contributed by atoms with van der Waals surface area (Å²) in [5.41, 5.74) is 5.24. The van der Waals surface area contributed by atoms with E-state index in [0.717, 1.165) is 25.9 Å². The summed E-state index contributed by atoms with van der Waals surface area (Å²) in [6.45, 7) is 2.56. The molecule has 0 bridgehead atoms. The fraction of sp³-hybridized carbons (Fsp3) is 0.909. The molecule has 2 unspecified atom stereocenters. The van der Waals surface area contributed by atoms with Gasteiger partial charge in [-0.05, 0) is 19.4 Å². The molecule has 2 rings (SSSR count). The number of hydrogen-bond donors (Lipinski definition) is 1. The largest absolute Gasteiger partial charge is 0.378 e. The van der Waals surface area contributed by atoms with E-state index in [0.29, 0.717) is 32.0 Å². The molecule has 0 saturated carbocycles. The van der Waals surface area contributed by atoms with Crippen LogP contribution in [0.3, 0.4) is 0 Å². The number of carbonyl (C=O) groups excluding carboxylic acids is 1. The highest BCUT2D eigenvalue weighted by Crippen LogP contribution is 2.36. The van der Waals surface area contributed by atoms with E-state index in [-0.39, 0.29) is 11.5 Å². The summed E-state index contributed by atoms with van der Waals surface area (Å²) in [6, 6.07) is 0. The van der Waals surface area contributed by atoms with Crippen molar-refractivity contribution in [3.05, 3.63) is 0 Å². The van der Waals surface area contributed by atoms with Gasteiger partial charge in [-0.25, -0.2) is 0 Å². The van der Waals surface area contributed by atoms with Crippen LogP contribution in [0.25, 0.3) is 0 Å². The van der Waals surface area contributed by atoms with Gasteiger partial charge < -0.3 is 15.2 Å². The summed E-state index contributed by atoms with van der Waals surface area (Å²) in [4.78, 5) is 11.8. The van der Waals surface area contributed by atoms with Crippen molar-refractivity contribution >= 4 is 5.78 Å². The predicted octanol–water partition coefficient (Wildman–Crippen LogP) is 0.490. The van der Waals surface area contributed by atoms with Gasteiger partial charge in [-0.2, -0.15) is 0 Å². The van der Waals surface area contributed by atoms with Gasteiger partial charge >= 0.3 is 0 Å². The van der Waals surface area contributed by atoms with Crippen molar-refractivity contribution in [2.45, 2.75) is 31.3 Å². The molecule has 0 aromatic heterocycles. The molecule has 2 atom stereocenters. The standard InChI is InChI=1S/C11H19NO3/c12-4-1-10(13)9-2-5-15-11(7-9)3-6-14-8-11/h9H,1-8,12H2. The first-order valence-corrected chi connectivity index (χ1v) is 5.70. The Morgan fingerprint density at radius 1 is 1.47 bits per heavy atom. The lowest BCUT2D eigenvalue weighted by atomic mass is 9.82. The minimum absolute atomic E-state index is 0.143. The average Bonchev–Trinajstić information content (AvgIpc) is 2.67. The van der Waals surface area contributed by atoms with Crippen LogP contribution in [0.1, 0.15) is 25.7 Å². The lowest BCUT2D eigenvalue weighted by Gasteiger charge is -2.36. The second-order valence-electron chi connectivity index (χ2n) is 4.53. The Hall–Kier alpha value is -0.450. The van der Waals surface area contributed by atoms with E-state index in [1.807, 2.05) is 0 Å².